The molecule has 0 aromatic heterocycles. The quantitative estimate of drug-likeness (QED) is 0.462. The average Bonchev–Trinajstić information content (AvgIpc) is 2.32. The van der Waals surface area contributed by atoms with Gasteiger partial charge in [0, 0.05) is 7.11 Å². The molecule has 0 aliphatic rings. The van der Waals surface area contributed by atoms with Crippen LogP contribution < -0.4 is 0 Å². The second-order valence-corrected chi connectivity index (χ2v) is 4.17. The van der Waals surface area contributed by atoms with Gasteiger partial charge in [-0.05, 0) is 6.92 Å². The zero-order valence-corrected chi connectivity index (χ0v) is 10.1. The van der Waals surface area contributed by atoms with Gasteiger partial charge in [-0.25, -0.2) is 22.0 Å². The van der Waals surface area contributed by atoms with Crippen molar-refractivity contribution in [2.75, 3.05) is 7.11 Å². The molecule has 0 aliphatic heterocycles. The summed E-state index contributed by atoms with van der Waals surface area (Å²) < 4.78 is 107. The average molecular weight is 308 g/mol. The van der Waals surface area contributed by atoms with Gasteiger partial charge < -0.3 is 4.74 Å². The second kappa shape index (κ2) is 5.19. The van der Waals surface area contributed by atoms with Crippen molar-refractivity contribution in [1.82, 2.24) is 0 Å². The largest absolute Gasteiger partial charge is 0.392 e. The predicted octanol–water partition coefficient (Wildman–Crippen LogP) is 4.20. The topological polar surface area (TPSA) is 9.23 Å². The summed E-state index contributed by atoms with van der Waals surface area (Å²) >= 11 is 0. The zero-order chi connectivity index (χ0) is 15.9. The highest BCUT2D eigenvalue weighted by atomic mass is 19.4. The smallest absolute Gasteiger partial charge is 0.373 e. The summed E-state index contributed by atoms with van der Waals surface area (Å²) in [6.07, 6.45) is -6.86. The van der Waals surface area contributed by atoms with E-state index in [1.54, 1.807) is 0 Å². The summed E-state index contributed by atoms with van der Waals surface area (Å²) in [6, 6.07) is 0. The summed E-state index contributed by atoms with van der Waals surface area (Å²) in [6.45, 7) is 0.582. The number of hydrogen-bond acceptors (Lipinski definition) is 1. The highest BCUT2D eigenvalue weighted by molar-refractivity contribution is 5.29. The molecule has 0 amide bonds. The van der Waals surface area contributed by atoms with Gasteiger partial charge in [-0.15, -0.1) is 0 Å². The summed E-state index contributed by atoms with van der Waals surface area (Å²) in [5, 5.41) is 0. The minimum Gasteiger partial charge on any atom is -0.373 e. The van der Waals surface area contributed by atoms with Crippen LogP contribution in [-0.4, -0.2) is 13.3 Å². The fraction of sp³-hybridized carbons (Fsp3) is 0.455. The SMILES string of the molecule is COC(C)(CC(F)(F)F)c1c(F)c(F)c(F)c(F)c1F. The predicted molar refractivity (Wildman–Crippen MR) is 51.3 cm³/mol. The molecule has 0 aliphatic carbocycles. The number of rotatable bonds is 3. The van der Waals surface area contributed by atoms with Gasteiger partial charge in [0.1, 0.15) is 5.60 Å². The van der Waals surface area contributed by atoms with Crippen molar-refractivity contribution >= 4 is 0 Å². The van der Waals surface area contributed by atoms with Crippen molar-refractivity contribution in [2.24, 2.45) is 0 Å². The lowest BCUT2D eigenvalue weighted by molar-refractivity contribution is -0.183. The van der Waals surface area contributed by atoms with Crippen molar-refractivity contribution < 1.29 is 39.9 Å². The third kappa shape index (κ3) is 2.87. The molecule has 0 saturated carbocycles. The Labute approximate surface area is 108 Å². The fourth-order valence-corrected chi connectivity index (χ4v) is 1.71. The van der Waals surface area contributed by atoms with Gasteiger partial charge >= 0.3 is 6.18 Å². The molecule has 0 radical (unpaired) electrons. The number of methoxy groups -OCH3 is 1. The lowest BCUT2D eigenvalue weighted by Crippen LogP contribution is -2.34. The highest BCUT2D eigenvalue weighted by Gasteiger charge is 2.46. The molecule has 114 valence electrons. The van der Waals surface area contributed by atoms with Crippen molar-refractivity contribution in [1.29, 1.82) is 0 Å². The van der Waals surface area contributed by atoms with Crippen molar-refractivity contribution in [3.8, 4) is 0 Å². The number of alkyl halides is 3. The van der Waals surface area contributed by atoms with Crippen molar-refractivity contribution in [2.45, 2.75) is 25.1 Å². The first-order valence-corrected chi connectivity index (χ1v) is 5.08. The van der Waals surface area contributed by atoms with Crippen molar-refractivity contribution in [3.05, 3.63) is 34.6 Å². The van der Waals surface area contributed by atoms with Gasteiger partial charge in [-0.2, -0.15) is 13.2 Å². The lowest BCUT2D eigenvalue weighted by atomic mass is 9.90. The third-order valence-electron chi connectivity index (χ3n) is 2.73. The Kier molecular flexibility index (Phi) is 4.33. The van der Waals surface area contributed by atoms with Gasteiger partial charge in [-0.1, -0.05) is 0 Å². The number of ether oxygens (including phenoxy) is 1. The van der Waals surface area contributed by atoms with E-state index < -0.39 is 52.8 Å². The van der Waals surface area contributed by atoms with E-state index in [2.05, 4.69) is 4.74 Å². The molecule has 0 bridgehead atoms. The maximum absolute atomic E-state index is 13.5. The van der Waals surface area contributed by atoms with Crippen LogP contribution in [0, 0.1) is 29.1 Å². The van der Waals surface area contributed by atoms with E-state index >= 15 is 0 Å². The van der Waals surface area contributed by atoms with E-state index in [0.717, 1.165) is 0 Å². The molecule has 9 heteroatoms. The van der Waals surface area contributed by atoms with Gasteiger partial charge in [0.2, 0.25) is 5.82 Å². The van der Waals surface area contributed by atoms with E-state index in [-0.39, 0.29) is 0 Å². The molecule has 0 saturated heterocycles. The lowest BCUT2D eigenvalue weighted by Gasteiger charge is -2.30. The molecule has 0 N–H and O–H groups in total. The minimum atomic E-state index is -4.94. The summed E-state index contributed by atoms with van der Waals surface area (Å²) in [4.78, 5) is 0. The maximum atomic E-state index is 13.5. The first-order valence-electron chi connectivity index (χ1n) is 5.08. The van der Waals surface area contributed by atoms with Gasteiger partial charge in [0.25, 0.3) is 0 Å². The molecule has 0 spiro atoms. The Bertz CT molecular complexity index is 495. The Morgan fingerprint density at radius 2 is 1.15 bits per heavy atom. The van der Waals surface area contributed by atoms with E-state index in [4.69, 9.17) is 0 Å². The molecule has 1 atom stereocenters. The Morgan fingerprint density at radius 3 is 1.45 bits per heavy atom. The van der Waals surface area contributed by atoms with Crippen LogP contribution in [0.4, 0.5) is 35.1 Å². The molecule has 1 nitrogen and oxygen atoms in total. The maximum Gasteiger partial charge on any atom is 0.392 e. The van der Waals surface area contributed by atoms with E-state index in [1.165, 1.54) is 0 Å². The number of halogens is 8. The normalized spacial score (nSPS) is 15.3. The zero-order valence-electron chi connectivity index (χ0n) is 10.1. The number of benzene rings is 1. The highest BCUT2D eigenvalue weighted by Crippen LogP contribution is 2.40. The fourth-order valence-electron chi connectivity index (χ4n) is 1.71. The molecule has 1 aromatic rings. The van der Waals surface area contributed by atoms with Gasteiger partial charge in [0.15, 0.2) is 23.3 Å². The Balaban J connectivity index is 3.59. The molecular formula is C11H8F8O. The first kappa shape index (κ1) is 16.7. The van der Waals surface area contributed by atoms with Crippen LogP contribution in [0.1, 0.15) is 18.9 Å². The molecule has 1 unspecified atom stereocenters. The van der Waals surface area contributed by atoms with Crippen LogP contribution in [0.3, 0.4) is 0 Å². The van der Waals surface area contributed by atoms with Crippen LogP contribution in [0.5, 0.6) is 0 Å². The van der Waals surface area contributed by atoms with E-state index in [1.807, 2.05) is 0 Å². The van der Waals surface area contributed by atoms with Crippen LogP contribution in [0.15, 0.2) is 0 Å². The first-order chi connectivity index (χ1) is 8.94. The molecule has 0 fully saturated rings. The van der Waals surface area contributed by atoms with E-state index in [9.17, 15) is 35.1 Å². The van der Waals surface area contributed by atoms with Crippen LogP contribution >= 0.6 is 0 Å². The molecule has 1 aromatic carbocycles. The summed E-state index contributed by atoms with van der Waals surface area (Å²) in [5.41, 5.74) is -4.41. The summed E-state index contributed by atoms with van der Waals surface area (Å²) in [5.74, 6) is -11.8. The van der Waals surface area contributed by atoms with Gasteiger partial charge in [0.05, 0.1) is 12.0 Å². The monoisotopic (exact) mass is 308 g/mol. The molecule has 1 rings (SSSR count). The van der Waals surface area contributed by atoms with Crippen LogP contribution in [-0.2, 0) is 10.3 Å². The Morgan fingerprint density at radius 1 is 0.800 bits per heavy atom. The van der Waals surface area contributed by atoms with E-state index in [0.29, 0.717) is 14.0 Å². The molecule has 0 heterocycles. The van der Waals surface area contributed by atoms with Crippen LogP contribution in [0.2, 0.25) is 0 Å². The molecule has 20 heavy (non-hydrogen) atoms. The summed E-state index contributed by atoms with van der Waals surface area (Å²) in [7, 11) is 0.670. The third-order valence-corrected chi connectivity index (χ3v) is 2.73. The van der Waals surface area contributed by atoms with Crippen LogP contribution in [0.25, 0.3) is 0 Å². The molecular weight excluding hydrogens is 300 g/mol. The standard InChI is InChI=1S/C11H8F8O/c1-10(20-2,3-11(17,18)19)4-5(12)7(14)9(16)8(15)6(4)13/h3H2,1-2H3. The Hall–Kier alpha value is -1.38. The van der Waals surface area contributed by atoms with Gasteiger partial charge in [-0.3, -0.25) is 0 Å². The van der Waals surface area contributed by atoms with Crippen molar-refractivity contribution in [3.63, 3.8) is 0 Å². The number of hydrogen-bond donors (Lipinski definition) is 0. The minimum absolute atomic E-state index is 0.582. The second-order valence-electron chi connectivity index (χ2n) is 4.17.